The van der Waals surface area contributed by atoms with Gasteiger partial charge < -0.3 is 10.6 Å². The van der Waals surface area contributed by atoms with E-state index in [0.717, 1.165) is 42.8 Å². The number of hydrogen-bond acceptors (Lipinski definition) is 3. The smallest absolute Gasteiger partial charge is 0.191 e. The maximum absolute atomic E-state index is 5.92. The summed E-state index contributed by atoms with van der Waals surface area (Å²) in [6.07, 6.45) is 5.51. The molecule has 0 spiro atoms. The summed E-state index contributed by atoms with van der Waals surface area (Å²) in [5, 5.41) is 6.64. The van der Waals surface area contributed by atoms with E-state index in [-0.39, 0.29) is 24.0 Å². The van der Waals surface area contributed by atoms with Crippen molar-refractivity contribution in [2.45, 2.75) is 26.2 Å². The number of halogens is 2. The van der Waals surface area contributed by atoms with Gasteiger partial charge in [0.1, 0.15) is 0 Å². The molecule has 7 heteroatoms. The Morgan fingerprint density at radius 3 is 2.76 bits per heavy atom. The Balaban J connectivity index is 0.00000400. The van der Waals surface area contributed by atoms with E-state index in [4.69, 9.17) is 11.6 Å². The summed E-state index contributed by atoms with van der Waals surface area (Å²) in [7, 11) is 0. The molecule has 122 valence electrons. The van der Waals surface area contributed by atoms with Crippen molar-refractivity contribution in [3.05, 3.63) is 21.3 Å². The summed E-state index contributed by atoms with van der Waals surface area (Å²) >= 11 is 9.46. The third kappa shape index (κ3) is 10.7. The average Bonchev–Trinajstić information content (AvgIpc) is 2.84. The molecule has 0 unspecified atom stereocenters. The molecule has 0 aliphatic carbocycles. The molecule has 0 bridgehead atoms. The molecule has 1 aromatic heterocycles. The second kappa shape index (κ2) is 14.0. The van der Waals surface area contributed by atoms with E-state index in [1.165, 1.54) is 17.1 Å². The van der Waals surface area contributed by atoms with Crippen molar-refractivity contribution in [1.29, 1.82) is 0 Å². The molecule has 21 heavy (non-hydrogen) atoms. The van der Waals surface area contributed by atoms with Crippen LogP contribution in [0.2, 0.25) is 4.34 Å². The molecule has 0 fully saturated rings. The number of nitrogens with one attached hydrogen (secondary N) is 2. The first-order valence-electron chi connectivity index (χ1n) is 7.01. The molecule has 0 aromatic carbocycles. The van der Waals surface area contributed by atoms with Gasteiger partial charge in [0.25, 0.3) is 0 Å². The van der Waals surface area contributed by atoms with Crippen LogP contribution in [0.5, 0.6) is 0 Å². The van der Waals surface area contributed by atoms with Gasteiger partial charge in [-0.1, -0.05) is 11.6 Å². The fourth-order valence-corrected chi connectivity index (χ4v) is 3.26. The minimum atomic E-state index is 0. The van der Waals surface area contributed by atoms with Gasteiger partial charge in [-0.25, -0.2) is 0 Å². The SMILES string of the molecule is CCNC(=NCCCCSC)NCCc1ccc(Cl)s1.I. The Morgan fingerprint density at radius 1 is 1.33 bits per heavy atom. The van der Waals surface area contributed by atoms with Crippen LogP contribution >= 0.6 is 58.7 Å². The van der Waals surface area contributed by atoms with Crippen molar-refractivity contribution in [3.63, 3.8) is 0 Å². The van der Waals surface area contributed by atoms with E-state index >= 15 is 0 Å². The normalized spacial score (nSPS) is 11.1. The van der Waals surface area contributed by atoms with E-state index in [9.17, 15) is 0 Å². The van der Waals surface area contributed by atoms with Crippen molar-refractivity contribution >= 4 is 64.6 Å². The van der Waals surface area contributed by atoms with E-state index in [1.54, 1.807) is 11.3 Å². The molecule has 1 rings (SSSR count). The molecule has 3 nitrogen and oxygen atoms in total. The third-order valence-electron chi connectivity index (χ3n) is 2.66. The first-order chi connectivity index (χ1) is 9.76. The minimum absolute atomic E-state index is 0. The Morgan fingerprint density at radius 2 is 2.14 bits per heavy atom. The first-order valence-corrected chi connectivity index (χ1v) is 9.60. The van der Waals surface area contributed by atoms with Crippen LogP contribution in [0.25, 0.3) is 0 Å². The third-order valence-corrected chi connectivity index (χ3v) is 4.65. The van der Waals surface area contributed by atoms with Crippen LogP contribution < -0.4 is 10.6 Å². The van der Waals surface area contributed by atoms with Crippen molar-refractivity contribution in [2.75, 3.05) is 31.6 Å². The Labute approximate surface area is 158 Å². The number of guanidine groups is 1. The summed E-state index contributed by atoms with van der Waals surface area (Å²) in [4.78, 5) is 5.89. The molecular formula is C14H25ClIN3S2. The zero-order valence-corrected chi connectivity index (χ0v) is 17.4. The largest absolute Gasteiger partial charge is 0.357 e. The van der Waals surface area contributed by atoms with Crippen molar-refractivity contribution in [1.82, 2.24) is 10.6 Å². The molecule has 1 aromatic rings. The summed E-state index contributed by atoms with van der Waals surface area (Å²) in [6.45, 7) is 4.75. The van der Waals surface area contributed by atoms with Crippen LogP contribution in [0.15, 0.2) is 17.1 Å². The second-order valence-corrected chi connectivity index (χ2v) is 7.13. The van der Waals surface area contributed by atoms with Crippen LogP contribution in [-0.4, -0.2) is 37.6 Å². The Bertz CT molecular complexity index is 399. The molecule has 0 aliphatic heterocycles. The predicted molar refractivity (Wildman–Crippen MR) is 110 cm³/mol. The Hall–Kier alpha value is 0.340. The van der Waals surface area contributed by atoms with Crippen LogP contribution in [0.3, 0.4) is 0 Å². The number of rotatable bonds is 9. The van der Waals surface area contributed by atoms with Gasteiger partial charge in [-0.15, -0.1) is 35.3 Å². The predicted octanol–water partition coefficient (Wildman–Crippen LogP) is 4.26. The molecule has 2 N–H and O–H groups in total. The van der Waals surface area contributed by atoms with Gasteiger partial charge in [-0.3, -0.25) is 4.99 Å². The standard InChI is InChI=1S/C14H24ClN3S2.HI/c1-3-16-14(17-9-4-5-11-19-2)18-10-8-12-6-7-13(15)20-12;/h6-7H,3-5,8-11H2,1-2H3,(H2,16,17,18);1H. The zero-order chi connectivity index (χ0) is 14.6. The van der Waals surface area contributed by atoms with Gasteiger partial charge in [0, 0.05) is 24.5 Å². The van der Waals surface area contributed by atoms with E-state index in [1.807, 2.05) is 17.8 Å². The fourth-order valence-electron chi connectivity index (χ4n) is 1.68. The van der Waals surface area contributed by atoms with E-state index in [0.29, 0.717) is 0 Å². The quantitative estimate of drug-likeness (QED) is 0.250. The number of hydrogen-bond donors (Lipinski definition) is 2. The highest BCUT2D eigenvalue weighted by Gasteiger charge is 2.00. The number of unbranched alkanes of at least 4 members (excludes halogenated alkanes) is 1. The molecule has 0 atom stereocenters. The molecule has 0 aliphatic rings. The van der Waals surface area contributed by atoms with Crippen molar-refractivity contribution in [3.8, 4) is 0 Å². The lowest BCUT2D eigenvalue weighted by atomic mass is 10.3. The van der Waals surface area contributed by atoms with Gasteiger partial charge in [0.15, 0.2) is 5.96 Å². The summed E-state index contributed by atoms with van der Waals surface area (Å²) < 4.78 is 0.856. The van der Waals surface area contributed by atoms with E-state index < -0.39 is 0 Å². The van der Waals surface area contributed by atoms with Crippen LogP contribution in [0, 0.1) is 0 Å². The highest BCUT2D eigenvalue weighted by molar-refractivity contribution is 14.0. The maximum atomic E-state index is 5.92. The minimum Gasteiger partial charge on any atom is -0.357 e. The van der Waals surface area contributed by atoms with Gasteiger partial charge in [-0.05, 0) is 50.3 Å². The zero-order valence-electron chi connectivity index (χ0n) is 12.7. The van der Waals surface area contributed by atoms with Gasteiger partial charge >= 0.3 is 0 Å². The molecule has 0 saturated heterocycles. The van der Waals surface area contributed by atoms with Gasteiger partial charge in [0.05, 0.1) is 4.34 Å². The van der Waals surface area contributed by atoms with Crippen molar-refractivity contribution in [2.24, 2.45) is 4.99 Å². The molecular weight excluding hydrogens is 437 g/mol. The lowest BCUT2D eigenvalue weighted by Crippen LogP contribution is -2.38. The van der Waals surface area contributed by atoms with Crippen LogP contribution in [-0.2, 0) is 6.42 Å². The summed E-state index contributed by atoms with van der Waals surface area (Å²) in [6, 6.07) is 4.04. The highest BCUT2D eigenvalue weighted by atomic mass is 127. The summed E-state index contributed by atoms with van der Waals surface area (Å²) in [5.41, 5.74) is 0. The Kier molecular flexibility index (Phi) is 14.2. The van der Waals surface area contributed by atoms with Crippen LogP contribution in [0.4, 0.5) is 0 Å². The lowest BCUT2D eigenvalue weighted by molar-refractivity contribution is 0.773. The number of aliphatic imine (C=N–C) groups is 1. The van der Waals surface area contributed by atoms with Crippen molar-refractivity contribution < 1.29 is 0 Å². The van der Waals surface area contributed by atoms with Crippen LogP contribution in [0.1, 0.15) is 24.6 Å². The molecule has 1 heterocycles. The number of thiophene rings is 1. The van der Waals surface area contributed by atoms with Gasteiger partial charge in [-0.2, -0.15) is 11.8 Å². The topological polar surface area (TPSA) is 36.4 Å². The number of nitrogens with zero attached hydrogens (tertiary/aromatic N) is 1. The fraction of sp³-hybridized carbons (Fsp3) is 0.643. The maximum Gasteiger partial charge on any atom is 0.191 e. The summed E-state index contributed by atoms with van der Waals surface area (Å²) in [5.74, 6) is 2.14. The lowest BCUT2D eigenvalue weighted by Gasteiger charge is -2.10. The monoisotopic (exact) mass is 461 g/mol. The second-order valence-electron chi connectivity index (χ2n) is 4.34. The molecule has 0 amide bonds. The van der Waals surface area contributed by atoms with E-state index in [2.05, 4.69) is 34.9 Å². The average molecular weight is 462 g/mol. The molecule has 0 radical (unpaired) electrons. The number of thioether (sulfide) groups is 1. The first kappa shape index (κ1) is 21.3. The highest BCUT2D eigenvalue weighted by Crippen LogP contribution is 2.21. The van der Waals surface area contributed by atoms with Gasteiger partial charge in [0.2, 0.25) is 0 Å². The molecule has 0 saturated carbocycles.